The van der Waals surface area contributed by atoms with Crippen molar-refractivity contribution in [1.82, 2.24) is 0 Å². The second-order valence-electron chi connectivity index (χ2n) is 11.4. The van der Waals surface area contributed by atoms with Gasteiger partial charge in [0.25, 0.3) is 0 Å². The first-order valence-corrected chi connectivity index (χ1v) is 14.6. The predicted octanol–water partition coefficient (Wildman–Crippen LogP) is 11.9. The lowest BCUT2D eigenvalue weighted by Gasteiger charge is -2.19. The summed E-state index contributed by atoms with van der Waals surface area (Å²) in [4.78, 5) is 0. The summed E-state index contributed by atoms with van der Waals surface area (Å²) in [7, 11) is 0. The highest BCUT2D eigenvalue weighted by atomic mass is 14.2. The maximum Gasteiger partial charge on any atom is -0.00201 e. The molecule has 0 aliphatic rings. The summed E-state index contributed by atoms with van der Waals surface area (Å²) in [6.07, 6.45) is 0. The van der Waals surface area contributed by atoms with Crippen molar-refractivity contribution in [1.29, 1.82) is 0 Å². The zero-order valence-electron chi connectivity index (χ0n) is 23.0. The standard InChI is InChI=1S/C42H26/c1-4-12-30-24-39-33(21-27(30)9-1)15-7-17-36(39)38-20-19-35-23-29-11-3-6-14-32(29)26-41(35)42(38)37-18-8-16-34-22-28-10-2-5-13-31(28)25-40(34)37/h1-26H. The highest BCUT2D eigenvalue weighted by Crippen LogP contribution is 2.45. The average molecular weight is 531 g/mol. The van der Waals surface area contributed by atoms with Crippen LogP contribution in [0.2, 0.25) is 0 Å². The maximum atomic E-state index is 2.39. The van der Waals surface area contributed by atoms with Gasteiger partial charge in [-0.15, -0.1) is 0 Å². The van der Waals surface area contributed by atoms with E-state index in [1.54, 1.807) is 0 Å². The van der Waals surface area contributed by atoms with E-state index in [1.807, 2.05) is 0 Å². The minimum atomic E-state index is 1.26. The topological polar surface area (TPSA) is 0 Å². The minimum Gasteiger partial charge on any atom is -0.0616 e. The summed E-state index contributed by atoms with van der Waals surface area (Å²) in [6, 6.07) is 58.3. The van der Waals surface area contributed by atoms with E-state index < -0.39 is 0 Å². The number of fused-ring (bicyclic) bond motifs is 6. The Morgan fingerprint density at radius 3 is 1.12 bits per heavy atom. The molecule has 0 bridgehead atoms. The van der Waals surface area contributed by atoms with Crippen LogP contribution in [0.4, 0.5) is 0 Å². The zero-order valence-corrected chi connectivity index (χ0v) is 23.0. The molecular formula is C42H26. The van der Waals surface area contributed by atoms with Crippen LogP contribution in [0.3, 0.4) is 0 Å². The summed E-state index contributed by atoms with van der Waals surface area (Å²) >= 11 is 0. The Balaban J connectivity index is 1.44. The molecule has 0 amide bonds. The molecule has 0 radical (unpaired) electrons. The van der Waals surface area contributed by atoms with Crippen LogP contribution in [0.1, 0.15) is 0 Å². The van der Waals surface area contributed by atoms with E-state index in [0.717, 1.165) is 0 Å². The lowest BCUT2D eigenvalue weighted by molar-refractivity contribution is 1.66. The molecule has 9 aromatic rings. The first-order valence-electron chi connectivity index (χ1n) is 14.6. The summed E-state index contributed by atoms with van der Waals surface area (Å²) in [5, 5.41) is 15.2. The average Bonchev–Trinajstić information content (AvgIpc) is 3.04. The largest absolute Gasteiger partial charge is 0.0616 e. The molecule has 0 aromatic heterocycles. The molecular weight excluding hydrogens is 504 g/mol. The fourth-order valence-electron chi connectivity index (χ4n) is 6.91. The van der Waals surface area contributed by atoms with Gasteiger partial charge in [0.05, 0.1) is 0 Å². The quantitative estimate of drug-likeness (QED) is 0.195. The second-order valence-corrected chi connectivity index (χ2v) is 11.4. The van der Waals surface area contributed by atoms with E-state index in [1.165, 1.54) is 86.9 Å². The van der Waals surface area contributed by atoms with Crippen molar-refractivity contribution in [2.75, 3.05) is 0 Å². The van der Waals surface area contributed by atoms with Gasteiger partial charge >= 0.3 is 0 Å². The van der Waals surface area contributed by atoms with Gasteiger partial charge in [-0.25, -0.2) is 0 Å². The maximum absolute atomic E-state index is 2.39. The molecule has 0 unspecified atom stereocenters. The van der Waals surface area contributed by atoms with Crippen LogP contribution in [0.15, 0.2) is 158 Å². The zero-order chi connectivity index (χ0) is 27.6. The second kappa shape index (κ2) is 9.03. The van der Waals surface area contributed by atoms with Gasteiger partial charge in [-0.05, 0) is 123 Å². The Morgan fingerprint density at radius 1 is 0.214 bits per heavy atom. The number of hydrogen-bond donors (Lipinski definition) is 0. The molecule has 9 aromatic carbocycles. The molecule has 0 saturated carbocycles. The summed E-state index contributed by atoms with van der Waals surface area (Å²) in [6.45, 7) is 0. The molecule has 0 heteroatoms. The van der Waals surface area contributed by atoms with E-state index in [4.69, 9.17) is 0 Å². The molecule has 0 heterocycles. The molecule has 9 rings (SSSR count). The molecule has 42 heavy (non-hydrogen) atoms. The smallest absolute Gasteiger partial charge is 0.00201 e. The van der Waals surface area contributed by atoms with Gasteiger partial charge in [-0.2, -0.15) is 0 Å². The molecule has 0 N–H and O–H groups in total. The Morgan fingerprint density at radius 2 is 0.595 bits per heavy atom. The van der Waals surface area contributed by atoms with Crippen molar-refractivity contribution in [2.45, 2.75) is 0 Å². The minimum absolute atomic E-state index is 1.26. The third-order valence-corrected chi connectivity index (χ3v) is 8.94. The molecule has 0 saturated heterocycles. The fraction of sp³-hybridized carbons (Fsp3) is 0. The normalized spacial score (nSPS) is 11.8. The Hall–Kier alpha value is -5.46. The van der Waals surface area contributed by atoms with Gasteiger partial charge in [-0.1, -0.05) is 121 Å². The Kier molecular flexibility index (Phi) is 5.00. The Labute approximate surface area is 244 Å². The lowest BCUT2D eigenvalue weighted by atomic mass is 9.84. The van der Waals surface area contributed by atoms with Crippen molar-refractivity contribution in [3.63, 3.8) is 0 Å². The first kappa shape index (κ1) is 23.3. The van der Waals surface area contributed by atoms with Gasteiger partial charge in [0.2, 0.25) is 0 Å². The lowest BCUT2D eigenvalue weighted by Crippen LogP contribution is -1.92. The monoisotopic (exact) mass is 530 g/mol. The van der Waals surface area contributed by atoms with Crippen LogP contribution in [0, 0.1) is 0 Å². The summed E-state index contributed by atoms with van der Waals surface area (Å²) in [5.41, 5.74) is 5.09. The highest BCUT2D eigenvalue weighted by Gasteiger charge is 2.17. The van der Waals surface area contributed by atoms with Crippen LogP contribution in [-0.4, -0.2) is 0 Å². The third-order valence-electron chi connectivity index (χ3n) is 8.94. The third kappa shape index (κ3) is 3.56. The molecule has 0 fully saturated rings. The molecule has 0 aliphatic carbocycles. The van der Waals surface area contributed by atoms with Gasteiger partial charge in [-0.3, -0.25) is 0 Å². The first-order chi connectivity index (χ1) is 20.8. The molecule has 0 atom stereocenters. The van der Waals surface area contributed by atoms with Crippen molar-refractivity contribution < 1.29 is 0 Å². The number of benzene rings is 9. The van der Waals surface area contributed by atoms with Crippen LogP contribution in [-0.2, 0) is 0 Å². The van der Waals surface area contributed by atoms with E-state index >= 15 is 0 Å². The van der Waals surface area contributed by atoms with Crippen molar-refractivity contribution >= 4 is 64.6 Å². The molecule has 194 valence electrons. The van der Waals surface area contributed by atoms with E-state index in [2.05, 4.69) is 158 Å². The number of hydrogen-bond acceptors (Lipinski definition) is 0. The number of rotatable bonds is 2. The SMILES string of the molecule is c1ccc2cc3c(-c4ccc5cc6ccccc6cc5c4-c4cccc5cc6ccccc6cc45)cccc3cc2c1. The van der Waals surface area contributed by atoms with E-state index in [9.17, 15) is 0 Å². The van der Waals surface area contributed by atoms with Crippen LogP contribution >= 0.6 is 0 Å². The van der Waals surface area contributed by atoms with Crippen molar-refractivity contribution in [2.24, 2.45) is 0 Å². The van der Waals surface area contributed by atoms with Crippen LogP contribution in [0.25, 0.3) is 86.9 Å². The van der Waals surface area contributed by atoms with E-state index in [0.29, 0.717) is 0 Å². The highest BCUT2D eigenvalue weighted by molar-refractivity contribution is 6.17. The van der Waals surface area contributed by atoms with Crippen LogP contribution < -0.4 is 0 Å². The van der Waals surface area contributed by atoms with Gasteiger partial charge < -0.3 is 0 Å². The van der Waals surface area contributed by atoms with E-state index in [-0.39, 0.29) is 0 Å². The van der Waals surface area contributed by atoms with Crippen molar-refractivity contribution in [3.05, 3.63) is 158 Å². The van der Waals surface area contributed by atoms with Crippen molar-refractivity contribution in [3.8, 4) is 22.3 Å². The Bertz CT molecular complexity index is 2510. The molecule has 0 nitrogen and oxygen atoms in total. The molecule has 0 aliphatic heterocycles. The van der Waals surface area contributed by atoms with Crippen LogP contribution in [0.5, 0.6) is 0 Å². The summed E-state index contributed by atoms with van der Waals surface area (Å²) < 4.78 is 0. The summed E-state index contributed by atoms with van der Waals surface area (Å²) in [5.74, 6) is 0. The van der Waals surface area contributed by atoms with Gasteiger partial charge in [0, 0.05) is 0 Å². The van der Waals surface area contributed by atoms with Gasteiger partial charge in [0.15, 0.2) is 0 Å². The fourth-order valence-corrected chi connectivity index (χ4v) is 6.91. The predicted molar refractivity (Wildman–Crippen MR) is 182 cm³/mol. The molecule has 0 spiro atoms. The van der Waals surface area contributed by atoms with Gasteiger partial charge in [0.1, 0.15) is 0 Å².